The van der Waals surface area contributed by atoms with Crippen molar-refractivity contribution in [3.05, 3.63) is 35.6 Å². The quantitative estimate of drug-likeness (QED) is 0.717. The lowest BCUT2D eigenvalue weighted by molar-refractivity contribution is -0.126. The molecule has 0 aromatic heterocycles. The summed E-state index contributed by atoms with van der Waals surface area (Å²) in [5.74, 6) is -0.738. The standard InChI is InChI=1S/C13H17FN2O3/c14-10-4-2-1-3-9(10)12(17)7-16-13(18)11-8-19-6-5-15-11/h1-4,11-12,15,17H,5-8H2,(H,16,18). The molecule has 5 nitrogen and oxygen atoms in total. The van der Waals surface area contributed by atoms with Crippen LogP contribution in [0.15, 0.2) is 24.3 Å². The number of benzene rings is 1. The number of halogens is 1. The van der Waals surface area contributed by atoms with Crippen LogP contribution in [-0.2, 0) is 9.53 Å². The van der Waals surface area contributed by atoms with Gasteiger partial charge in [0.2, 0.25) is 5.91 Å². The molecule has 1 fully saturated rings. The maximum atomic E-state index is 13.4. The monoisotopic (exact) mass is 268 g/mol. The van der Waals surface area contributed by atoms with Crippen molar-refractivity contribution < 1.29 is 19.0 Å². The highest BCUT2D eigenvalue weighted by Gasteiger charge is 2.22. The van der Waals surface area contributed by atoms with Crippen molar-refractivity contribution in [3.8, 4) is 0 Å². The Morgan fingerprint density at radius 3 is 3.05 bits per heavy atom. The average Bonchev–Trinajstić information content (AvgIpc) is 2.46. The maximum absolute atomic E-state index is 13.4. The van der Waals surface area contributed by atoms with E-state index in [0.717, 1.165) is 0 Å². The van der Waals surface area contributed by atoms with E-state index in [1.807, 2.05) is 0 Å². The lowest BCUT2D eigenvalue weighted by atomic mass is 10.1. The van der Waals surface area contributed by atoms with Crippen LogP contribution in [0.25, 0.3) is 0 Å². The highest BCUT2D eigenvalue weighted by atomic mass is 19.1. The van der Waals surface area contributed by atoms with Crippen LogP contribution in [0.3, 0.4) is 0 Å². The number of hydrogen-bond donors (Lipinski definition) is 3. The minimum Gasteiger partial charge on any atom is -0.386 e. The SMILES string of the molecule is O=C(NCC(O)c1ccccc1F)C1COCCN1. The number of nitrogens with one attached hydrogen (secondary N) is 2. The lowest BCUT2D eigenvalue weighted by Gasteiger charge is -2.23. The summed E-state index contributed by atoms with van der Waals surface area (Å²) in [5, 5.41) is 15.4. The van der Waals surface area contributed by atoms with Crippen molar-refractivity contribution in [1.29, 1.82) is 0 Å². The number of rotatable bonds is 4. The van der Waals surface area contributed by atoms with Crippen LogP contribution in [0, 0.1) is 5.82 Å². The van der Waals surface area contributed by atoms with E-state index in [1.165, 1.54) is 12.1 Å². The number of morpholine rings is 1. The summed E-state index contributed by atoms with van der Waals surface area (Å²) < 4.78 is 18.6. The summed E-state index contributed by atoms with van der Waals surface area (Å²) in [6.45, 7) is 1.48. The van der Waals surface area contributed by atoms with E-state index in [9.17, 15) is 14.3 Å². The second-order valence-electron chi connectivity index (χ2n) is 4.36. The van der Waals surface area contributed by atoms with Crippen molar-refractivity contribution >= 4 is 5.91 Å². The zero-order valence-corrected chi connectivity index (χ0v) is 10.4. The molecule has 19 heavy (non-hydrogen) atoms. The van der Waals surface area contributed by atoms with Gasteiger partial charge in [0, 0.05) is 18.7 Å². The predicted octanol–water partition coefficient (Wildman–Crippen LogP) is -0.0363. The van der Waals surface area contributed by atoms with Crippen molar-refractivity contribution in [1.82, 2.24) is 10.6 Å². The Labute approximate surface area is 110 Å². The van der Waals surface area contributed by atoms with Crippen LogP contribution in [0.4, 0.5) is 4.39 Å². The summed E-state index contributed by atoms with van der Waals surface area (Å²) >= 11 is 0. The van der Waals surface area contributed by atoms with Gasteiger partial charge >= 0.3 is 0 Å². The van der Waals surface area contributed by atoms with Gasteiger partial charge in [0.15, 0.2) is 0 Å². The topological polar surface area (TPSA) is 70.6 Å². The van der Waals surface area contributed by atoms with Crippen molar-refractivity contribution in [2.45, 2.75) is 12.1 Å². The molecule has 3 N–H and O–H groups in total. The fraction of sp³-hybridized carbons (Fsp3) is 0.462. The van der Waals surface area contributed by atoms with E-state index in [1.54, 1.807) is 12.1 Å². The molecule has 2 rings (SSSR count). The number of hydrogen-bond acceptors (Lipinski definition) is 4. The summed E-state index contributed by atoms with van der Waals surface area (Å²) in [7, 11) is 0. The average molecular weight is 268 g/mol. The number of ether oxygens (including phenoxy) is 1. The van der Waals surface area contributed by atoms with E-state index in [-0.39, 0.29) is 18.0 Å². The highest BCUT2D eigenvalue weighted by molar-refractivity contribution is 5.82. The molecule has 2 unspecified atom stereocenters. The molecule has 1 aliphatic heterocycles. The van der Waals surface area contributed by atoms with Gasteiger partial charge in [-0.3, -0.25) is 4.79 Å². The smallest absolute Gasteiger partial charge is 0.239 e. The third-order valence-corrected chi connectivity index (χ3v) is 2.97. The first kappa shape index (κ1) is 13.9. The molecule has 0 saturated carbocycles. The Morgan fingerprint density at radius 1 is 1.58 bits per heavy atom. The molecule has 0 aliphatic carbocycles. The minimum atomic E-state index is -1.06. The van der Waals surface area contributed by atoms with Crippen molar-refractivity contribution in [3.63, 3.8) is 0 Å². The van der Waals surface area contributed by atoms with E-state index in [4.69, 9.17) is 4.74 Å². The zero-order chi connectivity index (χ0) is 13.7. The second-order valence-corrected chi connectivity index (χ2v) is 4.36. The number of aliphatic hydroxyl groups is 1. The molecule has 2 atom stereocenters. The molecule has 1 heterocycles. The maximum Gasteiger partial charge on any atom is 0.239 e. The molecule has 0 radical (unpaired) electrons. The summed E-state index contributed by atoms with van der Waals surface area (Å²) in [6.07, 6.45) is -1.06. The van der Waals surface area contributed by atoms with Crippen LogP contribution in [0.5, 0.6) is 0 Å². The van der Waals surface area contributed by atoms with Gasteiger partial charge in [0.05, 0.1) is 19.3 Å². The molecule has 6 heteroatoms. The number of amides is 1. The first-order valence-electron chi connectivity index (χ1n) is 6.20. The summed E-state index contributed by atoms with van der Waals surface area (Å²) in [5.41, 5.74) is 0.177. The van der Waals surface area contributed by atoms with Crippen LogP contribution in [0.2, 0.25) is 0 Å². The number of aliphatic hydroxyl groups excluding tert-OH is 1. The molecule has 104 valence electrons. The molecule has 1 aliphatic rings. The van der Waals surface area contributed by atoms with Crippen LogP contribution in [-0.4, -0.2) is 43.4 Å². The first-order valence-corrected chi connectivity index (χ1v) is 6.20. The molecule has 0 spiro atoms. The molecule has 1 amide bonds. The van der Waals surface area contributed by atoms with Gasteiger partial charge in [-0.2, -0.15) is 0 Å². The van der Waals surface area contributed by atoms with Gasteiger partial charge in [-0.25, -0.2) is 4.39 Å². The van der Waals surface area contributed by atoms with Gasteiger partial charge in [0.1, 0.15) is 11.9 Å². The fourth-order valence-corrected chi connectivity index (χ4v) is 1.91. The van der Waals surface area contributed by atoms with Gasteiger partial charge in [-0.05, 0) is 6.07 Å². The highest BCUT2D eigenvalue weighted by Crippen LogP contribution is 2.15. The van der Waals surface area contributed by atoms with Crippen molar-refractivity contribution in [2.24, 2.45) is 0 Å². The van der Waals surface area contributed by atoms with E-state index in [2.05, 4.69) is 10.6 Å². The minimum absolute atomic E-state index is 0.0298. The van der Waals surface area contributed by atoms with Crippen LogP contribution >= 0.6 is 0 Å². The van der Waals surface area contributed by atoms with E-state index < -0.39 is 18.0 Å². The predicted molar refractivity (Wildman–Crippen MR) is 67.0 cm³/mol. The molecule has 1 aromatic rings. The van der Waals surface area contributed by atoms with Gasteiger partial charge < -0.3 is 20.5 Å². The Morgan fingerprint density at radius 2 is 2.37 bits per heavy atom. The van der Waals surface area contributed by atoms with Crippen LogP contribution < -0.4 is 10.6 Å². The molecular weight excluding hydrogens is 251 g/mol. The Balaban J connectivity index is 1.84. The van der Waals surface area contributed by atoms with E-state index in [0.29, 0.717) is 19.8 Å². The van der Waals surface area contributed by atoms with Gasteiger partial charge in [0.25, 0.3) is 0 Å². The number of carbonyl (C=O) groups is 1. The van der Waals surface area contributed by atoms with Gasteiger partial charge in [-0.1, -0.05) is 18.2 Å². The van der Waals surface area contributed by atoms with E-state index >= 15 is 0 Å². The Bertz CT molecular complexity index is 436. The number of carbonyl (C=O) groups excluding carboxylic acids is 1. The summed E-state index contributed by atoms with van der Waals surface area (Å²) in [4.78, 5) is 11.8. The lowest BCUT2D eigenvalue weighted by Crippen LogP contribution is -2.51. The first-order chi connectivity index (χ1) is 9.18. The fourth-order valence-electron chi connectivity index (χ4n) is 1.91. The summed E-state index contributed by atoms with van der Waals surface area (Å²) in [6, 6.07) is 5.54. The molecule has 1 saturated heterocycles. The molecule has 1 aromatic carbocycles. The molecule has 0 bridgehead atoms. The Kier molecular flexibility index (Phi) is 4.84. The third-order valence-electron chi connectivity index (χ3n) is 2.97. The second kappa shape index (κ2) is 6.60. The largest absolute Gasteiger partial charge is 0.386 e. The van der Waals surface area contributed by atoms with Crippen LogP contribution in [0.1, 0.15) is 11.7 Å². The van der Waals surface area contributed by atoms with Gasteiger partial charge in [-0.15, -0.1) is 0 Å². The third kappa shape index (κ3) is 3.73. The Hall–Kier alpha value is -1.50. The zero-order valence-electron chi connectivity index (χ0n) is 10.4. The normalized spacial score (nSPS) is 20.8. The van der Waals surface area contributed by atoms with Crippen molar-refractivity contribution in [2.75, 3.05) is 26.3 Å². The molecular formula is C13H17FN2O3.